The molecule has 2 rings (SSSR count). The van der Waals surface area contributed by atoms with E-state index < -0.39 is 53.1 Å². The summed E-state index contributed by atoms with van der Waals surface area (Å²) in [5.74, 6) is -3.58. The zero-order chi connectivity index (χ0) is 16.9. The lowest BCUT2D eigenvalue weighted by molar-refractivity contribution is -0.923. The second kappa shape index (κ2) is 5.13. The third-order valence-electron chi connectivity index (χ3n) is 4.82. The molecule has 0 spiro atoms. The predicted molar refractivity (Wildman–Crippen MR) is 70.8 cm³/mol. The normalized spacial score (nSPS) is 34.9. The van der Waals surface area contributed by atoms with Gasteiger partial charge in [-0.05, 0) is 20.8 Å². The Morgan fingerprint density at radius 1 is 1.36 bits per heavy atom. The molecule has 0 bridgehead atoms. The molecule has 8 heteroatoms. The highest BCUT2D eigenvalue weighted by molar-refractivity contribution is 5.83. The maximum absolute atomic E-state index is 13.3. The number of carbonyl (C=O) groups excluding carboxylic acids is 2. The van der Waals surface area contributed by atoms with Crippen LogP contribution >= 0.6 is 0 Å². The molecule has 0 saturated carbocycles. The van der Waals surface area contributed by atoms with E-state index in [1.807, 2.05) is 0 Å². The summed E-state index contributed by atoms with van der Waals surface area (Å²) in [6.45, 7) is 3.96. The highest BCUT2D eigenvalue weighted by atomic mass is 19.3. The molecule has 0 aromatic heterocycles. The molecule has 0 aromatic carbocycles. The number of amides is 2. The van der Waals surface area contributed by atoms with Gasteiger partial charge in [0.2, 0.25) is 0 Å². The van der Waals surface area contributed by atoms with Gasteiger partial charge in [-0.3, -0.25) is 9.28 Å². The van der Waals surface area contributed by atoms with Crippen molar-refractivity contribution >= 4 is 12.0 Å². The smallest absolute Gasteiger partial charge is 0.281 e. The number of carbonyl (C=O) groups is 2. The van der Waals surface area contributed by atoms with Crippen molar-refractivity contribution < 1.29 is 33.1 Å². The lowest BCUT2D eigenvalue weighted by Crippen LogP contribution is -2.72. The van der Waals surface area contributed by atoms with Gasteiger partial charge in [0.1, 0.15) is 12.6 Å². The molecule has 22 heavy (non-hydrogen) atoms. The molecule has 1 unspecified atom stereocenters. The first-order valence-corrected chi connectivity index (χ1v) is 7.35. The van der Waals surface area contributed by atoms with Crippen molar-refractivity contribution in [2.75, 3.05) is 19.6 Å². The summed E-state index contributed by atoms with van der Waals surface area (Å²) in [6, 6.07) is -1.10. The average molecular weight is 320 g/mol. The van der Waals surface area contributed by atoms with E-state index in [1.165, 1.54) is 0 Å². The molecular formula is C14H22F2N2O4. The van der Waals surface area contributed by atoms with Crippen LogP contribution in [-0.2, 0) is 4.79 Å². The number of likely N-dealkylation sites (tertiary alicyclic amines) is 2. The van der Waals surface area contributed by atoms with E-state index in [-0.39, 0.29) is 19.5 Å². The van der Waals surface area contributed by atoms with Crippen LogP contribution in [0.3, 0.4) is 0 Å². The molecule has 0 aliphatic carbocycles. The summed E-state index contributed by atoms with van der Waals surface area (Å²) in [5, 5.41) is 21.7. The third kappa shape index (κ3) is 2.58. The topological polar surface area (TPSA) is 80.7 Å². The van der Waals surface area contributed by atoms with Crippen LogP contribution in [0.15, 0.2) is 0 Å². The monoisotopic (exact) mass is 320 g/mol. The molecule has 126 valence electrons. The molecule has 3 atom stereocenters. The zero-order valence-electron chi connectivity index (χ0n) is 13.0. The Labute approximate surface area is 127 Å². The largest absolute Gasteiger partial charge is 0.498 e. The summed E-state index contributed by atoms with van der Waals surface area (Å²) in [4.78, 5) is 25.4. The van der Waals surface area contributed by atoms with Gasteiger partial charge in [0.15, 0.2) is 6.04 Å². The van der Waals surface area contributed by atoms with Crippen molar-refractivity contribution in [1.29, 1.82) is 0 Å². The number of aliphatic hydroxyl groups is 1. The summed E-state index contributed by atoms with van der Waals surface area (Å²) < 4.78 is 25.9. The Bertz CT molecular complexity index is 492. The van der Waals surface area contributed by atoms with Gasteiger partial charge in [-0.2, -0.15) is 0 Å². The predicted octanol–water partition coefficient (Wildman–Crippen LogP) is -0.0542. The van der Waals surface area contributed by atoms with Crippen LogP contribution in [0.4, 0.5) is 13.6 Å². The van der Waals surface area contributed by atoms with Crippen LogP contribution < -0.4 is 5.11 Å². The van der Waals surface area contributed by atoms with Gasteiger partial charge in [0.05, 0.1) is 12.1 Å². The molecule has 0 radical (unpaired) electrons. The molecule has 2 fully saturated rings. The van der Waals surface area contributed by atoms with Crippen molar-refractivity contribution in [1.82, 2.24) is 4.90 Å². The molecule has 6 nitrogen and oxygen atoms in total. The van der Waals surface area contributed by atoms with Gasteiger partial charge in [-0.15, -0.1) is 0 Å². The van der Waals surface area contributed by atoms with Gasteiger partial charge in [0, 0.05) is 19.4 Å². The molecule has 2 aliphatic rings. The molecular weight excluding hydrogens is 298 g/mol. The van der Waals surface area contributed by atoms with Crippen LogP contribution in [-0.4, -0.2) is 69.7 Å². The van der Waals surface area contributed by atoms with Gasteiger partial charge in [-0.1, -0.05) is 0 Å². The first kappa shape index (κ1) is 17.1. The number of aliphatic hydroxyl groups excluding tert-OH is 1. The van der Waals surface area contributed by atoms with E-state index in [2.05, 4.69) is 0 Å². The number of quaternary nitrogens is 1. The molecule has 2 heterocycles. The van der Waals surface area contributed by atoms with E-state index in [0.717, 1.165) is 4.90 Å². The fourth-order valence-electron chi connectivity index (χ4n) is 3.61. The van der Waals surface area contributed by atoms with Crippen molar-refractivity contribution in [3.8, 4) is 0 Å². The number of rotatable bonds is 1. The van der Waals surface area contributed by atoms with E-state index in [0.29, 0.717) is 0 Å². The van der Waals surface area contributed by atoms with E-state index in [9.17, 15) is 28.6 Å². The Hall–Kier alpha value is -1.28. The number of hydrogen-bond acceptors (Lipinski definition) is 4. The van der Waals surface area contributed by atoms with Gasteiger partial charge >= 0.3 is 0 Å². The van der Waals surface area contributed by atoms with Crippen molar-refractivity contribution in [3.05, 3.63) is 0 Å². The minimum Gasteiger partial charge on any atom is -0.498 e. The average Bonchev–Trinajstić information content (AvgIpc) is 2.88. The van der Waals surface area contributed by atoms with E-state index in [1.54, 1.807) is 20.8 Å². The maximum atomic E-state index is 13.3. The zero-order valence-corrected chi connectivity index (χ0v) is 13.0. The standard InChI is InChI=1S/C14H22F2N2O4/c1-13(2,3)18(12(21)22)7-9(19)6-10(18)11(20)17-5-4-14(15,16)8-17/h9-10,19H,4-8H2,1-3H3/t9-,10+,18?/m1/s1. The Morgan fingerprint density at radius 3 is 2.36 bits per heavy atom. The second-order valence-electron chi connectivity index (χ2n) is 7.26. The maximum Gasteiger partial charge on any atom is 0.281 e. The fourth-order valence-corrected chi connectivity index (χ4v) is 3.61. The van der Waals surface area contributed by atoms with Crippen molar-refractivity contribution in [3.63, 3.8) is 0 Å². The van der Waals surface area contributed by atoms with Crippen LogP contribution in [0.25, 0.3) is 0 Å². The number of alkyl halides is 2. The minimum atomic E-state index is -2.94. The number of carboxylic acid groups (broad SMARTS) is 1. The summed E-state index contributed by atoms with van der Waals surface area (Å²) in [5.41, 5.74) is -0.904. The number of halogens is 2. The molecule has 2 amide bonds. The first-order valence-electron chi connectivity index (χ1n) is 7.35. The van der Waals surface area contributed by atoms with Crippen LogP contribution in [0.1, 0.15) is 33.6 Å². The van der Waals surface area contributed by atoms with Crippen molar-refractivity contribution in [2.24, 2.45) is 0 Å². The highest BCUT2D eigenvalue weighted by Gasteiger charge is 2.60. The number of nitrogens with zero attached hydrogens (tertiary/aromatic N) is 2. The molecule has 2 aliphatic heterocycles. The van der Waals surface area contributed by atoms with Crippen LogP contribution in [0, 0.1) is 0 Å². The SMILES string of the molecule is CC(C)(C)[N+]1(C(=O)[O-])C[C@H](O)C[C@H]1C(=O)N1CCC(F)(F)C1. The van der Waals surface area contributed by atoms with Crippen LogP contribution in [0.5, 0.6) is 0 Å². The lowest BCUT2D eigenvalue weighted by Gasteiger charge is -2.48. The van der Waals surface area contributed by atoms with Crippen molar-refractivity contribution in [2.45, 2.75) is 57.2 Å². The van der Waals surface area contributed by atoms with Gasteiger partial charge < -0.3 is 19.9 Å². The van der Waals surface area contributed by atoms with E-state index >= 15 is 0 Å². The summed E-state index contributed by atoms with van der Waals surface area (Å²) in [6.07, 6.45) is -2.93. The first-order chi connectivity index (χ1) is 9.91. The summed E-state index contributed by atoms with van der Waals surface area (Å²) >= 11 is 0. The van der Waals surface area contributed by atoms with Gasteiger partial charge in [0.25, 0.3) is 17.9 Å². The molecule has 1 N–H and O–H groups in total. The Morgan fingerprint density at radius 2 is 1.95 bits per heavy atom. The quantitative estimate of drug-likeness (QED) is 0.687. The van der Waals surface area contributed by atoms with E-state index in [4.69, 9.17) is 0 Å². The minimum absolute atomic E-state index is 0.0633. The third-order valence-corrected chi connectivity index (χ3v) is 4.82. The second-order valence-corrected chi connectivity index (χ2v) is 7.26. The molecule has 2 saturated heterocycles. The van der Waals surface area contributed by atoms with Crippen LogP contribution in [0.2, 0.25) is 0 Å². The Balaban J connectivity index is 2.35. The number of hydrogen-bond donors (Lipinski definition) is 1. The van der Waals surface area contributed by atoms with Gasteiger partial charge in [-0.25, -0.2) is 8.78 Å². The summed E-state index contributed by atoms with van der Waals surface area (Å²) in [7, 11) is 0. The molecule has 0 aromatic rings. The fraction of sp³-hybridized carbons (Fsp3) is 0.857. The lowest BCUT2D eigenvalue weighted by atomic mass is 9.99. The highest BCUT2D eigenvalue weighted by Crippen LogP contribution is 2.38. The Kier molecular flexibility index (Phi) is 3.98.